The summed E-state index contributed by atoms with van der Waals surface area (Å²) in [4.78, 5) is 12.4. The van der Waals surface area contributed by atoms with Gasteiger partial charge in [0.2, 0.25) is 5.91 Å². The maximum absolute atomic E-state index is 12.4. The number of amides is 1. The largest absolute Gasteiger partial charge is 0.394 e. The predicted molar refractivity (Wildman–Crippen MR) is 244 cm³/mol. The SMILES string of the molecule is CC/C=C\C/C=C\C/C=C\CCCCCCCCCC(=O)NC(CO)C(O)/C=C/CC/C=C/CC/C=C/CCCCCCCCCCCCCCCCCC. The summed E-state index contributed by atoms with van der Waals surface area (Å²) in [5, 5.41) is 23.0. The lowest BCUT2D eigenvalue weighted by Crippen LogP contribution is -2.45. The summed E-state index contributed by atoms with van der Waals surface area (Å²) >= 11 is 0. The van der Waals surface area contributed by atoms with E-state index >= 15 is 0 Å². The Morgan fingerprint density at radius 3 is 1.27 bits per heavy atom. The molecular weight excluding hydrogens is 675 g/mol. The first kappa shape index (κ1) is 52.8. The first-order valence-corrected chi connectivity index (χ1v) is 23.7. The van der Waals surface area contributed by atoms with E-state index in [0.717, 1.165) is 70.6 Å². The van der Waals surface area contributed by atoms with Gasteiger partial charge in [-0.3, -0.25) is 4.79 Å². The summed E-state index contributed by atoms with van der Waals surface area (Å²) in [6.07, 6.45) is 66.0. The third-order valence-electron chi connectivity index (χ3n) is 10.4. The summed E-state index contributed by atoms with van der Waals surface area (Å²) in [6.45, 7) is 4.18. The van der Waals surface area contributed by atoms with Crippen LogP contribution in [-0.4, -0.2) is 34.9 Å². The number of nitrogens with one attached hydrogen (secondary N) is 1. The van der Waals surface area contributed by atoms with Gasteiger partial charge in [-0.15, -0.1) is 0 Å². The van der Waals surface area contributed by atoms with Gasteiger partial charge in [0, 0.05) is 6.42 Å². The molecule has 0 aliphatic heterocycles. The summed E-state index contributed by atoms with van der Waals surface area (Å²) in [6, 6.07) is -0.654. The lowest BCUT2D eigenvalue weighted by molar-refractivity contribution is -0.123. The minimum Gasteiger partial charge on any atom is -0.394 e. The van der Waals surface area contributed by atoms with E-state index in [1.165, 1.54) is 135 Å². The quantitative estimate of drug-likeness (QED) is 0.0428. The molecule has 2 atom stereocenters. The van der Waals surface area contributed by atoms with Crippen LogP contribution in [-0.2, 0) is 4.79 Å². The second-order valence-electron chi connectivity index (χ2n) is 15.8. The molecule has 4 heteroatoms. The second kappa shape index (κ2) is 46.2. The molecule has 0 spiro atoms. The first-order chi connectivity index (χ1) is 27.2. The van der Waals surface area contributed by atoms with Gasteiger partial charge in [-0.1, -0.05) is 215 Å². The molecule has 0 aromatic heterocycles. The van der Waals surface area contributed by atoms with Gasteiger partial charge in [-0.05, 0) is 77.0 Å². The monoisotopic (exact) mass is 766 g/mol. The van der Waals surface area contributed by atoms with Gasteiger partial charge in [0.05, 0.1) is 18.8 Å². The number of aliphatic hydroxyl groups is 2. The van der Waals surface area contributed by atoms with Crippen LogP contribution in [0.3, 0.4) is 0 Å². The highest BCUT2D eigenvalue weighted by atomic mass is 16.3. The second-order valence-corrected chi connectivity index (χ2v) is 15.8. The number of hydrogen-bond acceptors (Lipinski definition) is 3. The third kappa shape index (κ3) is 42.8. The lowest BCUT2D eigenvalue weighted by Gasteiger charge is -2.19. The Balaban J connectivity index is 3.63. The van der Waals surface area contributed by atoms with Crippen LogP contribution in [0.5, 0.6) is 0 Å². The molecule has 0 aromatic rings. The van der Waals surface area contributed by atoms with Gasteiger partial charge in [0.25, 0.3) is 0 Å². The van der Waals surface area contributed by atoms with E-state index in [1.807, 2.05) is 6.08 Å². The number of unbranched alkanes of at least 4 members (excludes halogenated alkanes) is 25. The van der Waals surface area contributed by atoms with Crippen molar-refractivity contribution in [1.29, 1.82) is 0 Å². The third-order valence-corrected chi connectivity index (χ3v) is 10.4. The summed E-state index contributed by atoms with van der Waals surface area (Å²) in [7, 11) is 0. The van der Waals surface area contributed by atoms with Crippen LogP contribution in [0.25, 0.3) is 0 Å². The highest BCUT2D eigenvalue weighted by Gasteiger charge is 2.17. The Bertz CT molecular complexity index is 961. The van der Waals surface area contributed by atoms with Gasteiger partial charge in [0.1, 0.15) is 0 Å². The minimum atomic E-state index is -0.878. The van der Waals surface area contributed by atoms with Crippen LogP contribution < -0.4 is 5.32 Å². The van der Waals surface area contributed by atoms with Gasteiger partial charge in [0.15, 0.2) is 0 Å². The molecule has 0 aliphatic carbocycles. The molecule has 4 nitrogen and oxygen atoms in total. The highest BCUT2D eigenvalue weighted by Crippen LogP contribution is 2.15. The van der Waals surface area contributed by atoms with Gasteiger partial charge >= 0.3 is 0 Å². The summed E-state index contributed by atoms with van der Waals surface area (Å²) < 4.78 is 0. The number of hydrogen-bond donors (Lipinski definition) is 3. The van der Waals surface area contributed by atoms with Crippen LogP contribution in [0.4, 0.5) is 0 Å². The normalized spacial score (nSPS) is 13.6. The number of rotatable bonds is 42. The van der Waals surface area contributed by atoms with Crippen molar-refractivity contribution in [3.05, 3.63) is 72.9 Å². The maximum Gasteiger partial charge on any atom is 0.220 e. The molecule has 55 heavy (non-hydrogen) atoms. The van der Waals surface area contributed by atoms with Crippen molar-refractivity contribution in [2.45, 2.75) is 238 Å². The topological polar surface area (TPSA) is 69.6 Å². The molecule has 3 N–H and O–H groups in total. The molecule has 0 rings (SSSR count). The predicted octanol–water partition coefficient (Wildman–Crippen LogP) is 15.1. The van der Waals surface area contributed by atoms with Crippen LogP contribution in [0.1, 0.15) is 226 Å². The fourth-order valence-corrected chi connectivity index (χ4v) is 6.81. The molecule has 0 heterocycles. The lowest BCUT2D eigenvalue weighted by atomic mass is 10.0. The molecule has 0 bridgehead atoms. The average Bonchev–Trinajstić information content (AvgIpc) is 3.19. The molecule has 0 aliphatic rings. The van der Waals surface area contributed by atoms with Crippen molar-refractivity contribution in [3.8, 4) is 0 Å². The minimum absolute atomic E-state index is 0.0902. The maximum atomic E-state index is 12.4. The Kier molecular flexibility index (Phi) is 44.4. The van der Waals surface area contributed by atoms with Gasteiger partial charge in [-0.2, -0.15) is 0 Å². The van der Waals surface area contributed by atoms with Crippen molar-refractivity contribution in [2.24, 2.45) is 0 Å². The molecule has 2 unspecified atom stereocenters. The van der Waals surface area contributed by atoms with Crippen molar-refractivity contribution < 1.29 is 15.0 Å². The number of aliphatic hydroxyl groups excluding tert-OH is 2. The summed E-state index contributed by atoms with van der Waals surface area (Å²) in [5.74, 6) is -0.0902. The smallest absolute Gasteiger partial charge is 0.220 e. The molecular formula is C51H91NO3. The zero-order valence-corrected chi connectivity index (χ0v) is 36.4. The zero-order chi connectivity index (χ0) is 40.0. The van der Waals surface area contributed by atoms with Crippen LogP contribution in [0.2, 0.25) is 0 Å². The molecule has 0 radical (unpaired) electrons. The van der Waals surface area contributed by atoms with E-state index in [0.29, 0.717) is 6.42 Å². The van der Waals surface area contributed by atoms with E-state index in [1.54, 1.807) is 6.08 Å². The van der Waals surface area contributed by atoms with Crippen LogP contribution in [0, 0.1) is 0 Å². The van der Waals surface area contributed by atoms with Gasteiger partial charge in [-0.25, -0.2) is 0 Å². The standard InChI is InChI=1S/C51H91NO3/c1-3-5-7-9-11-13-15-17-19-21-22-23-24-25-26-27-28-29-31-32-34-36-38-40-42-44-46-50(54)49(48-53)52-51(55)47-45-43-41-39-37-35-33-30-20-18-16-14-12-10-8-6-4-2/h6,8,12,14,18,20,29,31,36,38,44,46,49-50,53-54H,3-5,7,9-11,13,15-17,19,21-28,30,32-35,37,39-43,45,47-48H2,1-2H3,(H,52,55)/b8-6-,14-12-,20-18-,31-29+,38-36+,46-44+. The number of allylic oxidation sites excluding steroid dienone is 11. The average molecular weight is 766 g/mol. The number of carbonyl (C=O) groups excluding carboxylic acids is 1. The van der Waals surface area contributed by atoms with E-state index in [9.17, 15) is 15.0 Å². The van der Waals surface area contributed by atoms with E-state index < -0.39 is 12.1 Å². The Hall–Kier alpha value is -2.17. The molecule has 0 saturated carbocycles. The molecule has 318 valence electrons. The first-order valence-electron chi connectivity index (χ1n) is 23.7. The van der Waals surface area contributed by atoms with E-state index in [2.05, 4.69) is 79.9 Å². The molecule has 1 amide bonds. The Morgan fingerprint density at radius 1 is 0.455 bits per heavy atom. The van der Waals surface area contributed by atoms with Crippen LogP contribution in [0.15, 0.2) is 72.9 Å². The van der Waals surface area contributed by atoms with Crippen molar-refractivity contribution in [2.75, 3.05) is 6.61 Å². The zero-order valence-electron chi connectivity index (χ0n) is 36.4. The molecule has 0 fully saturated rings. The fraction of sp³-hybridized carbons (Fsp3) is 0.745. The molecule has 0 saturated heterocycles. The van der Waals surface area contributed by atoms with E-state index in [4.69, 9.17) is 0 Å². The Labute approximate surface area is 342 Å². The summed E-state index contributed by atoms with van der Waals surface area (Å²) in [5.41, 5.74) is 0. The van der Waals surface area contributed by atoms with E-state index in [-0.39, 0.29) is 12.5 Å². The highest BCUT2D eigenvalue weighted by molar-refractivity contribution is 5.76. The Morgan fingerprint density at radius 2 is 0.818 bits per heavy atom. The van der Waals surface area contributed by atoms with Crippen molar-refractivity contribution in [1.82, 2.24) is 5.32 Å². The fourth-order valence-electron chi connectivity index (χ4n) is 6.81. The van der Waals surface area contributed by atoms with Crippen molar-refractivity contribution >= 4 is 5.91 Å². The molecule has 0 aromatic carbocycles. The van der Waals surface area contributed by atoms with Gasteiger partial charge < -0.3 is 15.5 Å². The van der Waals surface area contributed by atoms with Crippen molar-refractivity contribution in [3.63, 3.8) is 0 Å². The number of carbonyl (C=O) groups is 1. The van der Waals surface area contributed by atoms with Crippen LogP contribution >= 0.6 is 0 Å².